The van der Waals surface area contributed by atoms with Gasteiger partial charge in [0, 0.05) is 12.5 Å². The summed E-state index contributed by atoms with van der Waals surface area (Å²) in [5, 5.41) is 5.80. The maximum absolute atomic E-state index is 11.7. The zero-order chi connectivity index (χ0) is 13.2. The van der Waals surface area contributed by atoms with E-state index in [1.807, 2.05) is 0 Å². The maximum atomic E-state index is 11.7. The largest absolute Gasteiger partial charge is 0.303 e. The molecule has 0 spiro atoms. The molecule has 0 radical (unpaired) electrons. The minimum Gasteiger partial charge on any atom is -0.303 e. The molecule has 0 aromatic heterocycles. The highest BCUT2D eigenvalue weighted by Gasteiger charge is 2.29. The first-order chi connectivity index (χ1) is 9.22. The number of benzene rings is 1. The van der Waals surface area contributed by atoms with Crippen molar-refractivity contribution in [2.75, 3.05) is 0 Å². The van der Waals surface area contributed by atoms with Crippen molar-refractivity contribution in [3.05, 3.63) is 35.4 Å². The van der Waals surface area contributed by atoms with Crippen LogP contribution in [0.4, 0.5) is 0 Å². The second-order valence-electron chi connectivity index (χ2n) is 5.38. The average Bonchev–Trinajstić information content (AvgIpc) is 2.42. The van der Waals surface area contributed by atoms with Crippen molar-refractivity contribution in [1.82, 2.24) is 10.6 Å². The fourth-order valence-corrected chi connectivity index (χ4v) is 2.98. The Balaban J connectivity index is 1.63. The molecule has 1 saturated heterocycles. The van der Waals surface area contributed by atoms with Crippen LogP contribution in [-0.4, -0.2) is 23.9 Å². The molecule has 4 heteroatoms. The Morgan fingerprint density at radius 1 is 1.05 bits per heavy atom. The smallest absolute Gasteiger partial charge is 0.243 e. The zero-order valence-corrected chi connectivity index (χ0v) is 10.8. The van der Waals surface area contributed by atoms with Crippen molar-refractivity contribution >= 4 is 11.8 Å². The number of piperidine rings is 1. The molecule has 0 bridgehead atoms. The van der Waals surface area contributed by atoms with Gasteiger partial charge in [0.05, 0.1) is 6.04 Å². The van der Waals surface area contributed by atoms with Gasteiger partial charge in [0.25, 0.3) is 0 Å². The number of carbonyl (C=O) groups is 2. The van der Waals surface area contributed by atoms with E-state index >= 15 is 0 Å². The Hall–Kier alpha value is -1.68. The third-order valence-electron chi connectivity index (χ3n) is 4.02. The summed E-state index contributed by atoms with van der Waals surface area (Å²) in [5.41, 5.74) is 2.79. The van der Waals surface area contributed by atoms with Crippen LogP contribution in [0.5, 0.6) is 0 Å². The number of fused-ring (bicyclic) bond motifs is 1. The second kappa shape index (κ2) is 5.13. The van der Waals surface area contributed by atoms with Gasteiger partial charge < -0.3 is 5.32 Å². The summed E-state index contributed by atoms with van der Waals surface area (Å²) >= 11 is 0. The summed E-state index contributed by atoms with van der Waals surface area (Å²) in [6, 6.07) is 8.59. The third-order valence-corrected chi connectivity index (χ3v) is 4.02. The molecular formula is C15H18N2O2. The molecule has 2 amide bonds. The minimum atomic E-state index is -0.215. The van der Waals surface area contributed by atoms with E-state index in [4.69, 9.17) is 0 Å². The summed E-state index contributed by atoms with van der Waals surface area (Å²) in [6.45, 7) is 0. The number of aryl methyl sites for hydroxylation is 1. The predicted molar refractivity (Wildman–Crippen MR) is 71.6 cm³/mol. The maximum Gasteiger partial charge on any atom is 0.243 e. The molecule has 2 unspecified atom stereocenters. The molecule has 1 aliphatic heterocycles. The molecule has 100 valence electrons. The van der Waals surface area contributed by atoms with Crippen LogP contribution in [0.25, 0.3) is 0 Å². The molecule has 3 rings (SSSR count). The van der Waals surface area contributed by atoms with E-state index < -0.39 is 0 Å². The van der Waals surface area contributed by atoms with E-state index in [-0.39, 0.29) is 17.9 Å². The number of carbonyl (C=O) groups excluding carboxylic acids is 2. The lowest BCUT2D eigenvalue weighted by Crippen LogP contribution is -2.54. The van der Waals surface area contributed by atoms with Crippen molar-refractivity contribution in [1.29, 1.82) is 0 Å². The molecule has 2 N–H and O–H groups in total. The van der Waals surface area contributed by atoms with Crippen LogP contribution in [0.15, 0.2) is 24.3 Å². The molecule has 1 fully saturated rings. The number of imide groups is 1. The number of hydrogen-bond acceptors (Lipinski definition) is 3. The molecule has 0 saturated carbocycles. The van der Waals surface area contributed by atoms with Crippen molar-refractivity contribution in [3.63, 3.8) is 0 Å². The van der Waals surface area contributed by atoms with E-state index in [9.17, 15) is 9.59 Å². The Bertz CT molecular complexity index is 513. The van der Waals surface area contributed by atoms with Crippen molar-refractivity contribution in [2.45, 2.75) is 44.2 Å². The number of amides is 2. The minimum absolute atomic E-state index is 0.156. The van der Waals surface area contributed by atoms with Crippen LogP contribution in [-0.2, 0) is 22.4 Å². The van der Waals surface area contributed by atoms with Crippen LogP contribution in [0.1, 0.15) is 30.4 Å². The van der Waals surface area contributed by atoms with Gasteiger partial charge in [-0.2, -0.15) is 0 Å². The normalized spacial score (nSPS) is 26.7. The molecular weight excluding hydrogens is 240 g/mol. The molecule has 2 aliphatic rings. The fraction of sp³-hybridized carbons (Fsp3) is 0.467. The third kappa shape index (κ3) is 2.68. The van der Waals surface area contributed by atoms with Crippen LogP contribution in [0.3, 0.4) is 0 Å². The van der Waals surface area contributed by atoms with Crippen LogP contribution in [0, 0.1) is 0 Å². The lowest BCUT2D eigenvalue weighted by molar-refractivity contribution is -0.134. The summed E-state index contributed by atoms with van der Waals surface area (Å²) in [6.07, 6.45) is 4.12. The van der Waals surface area contributed by atoms with Gasteiger partial charge in [-0.25, -0.2) is 0 Å². The highest BCUT2D eigenvalue weighted by Crippen LogP contribution is 2.22. The lowest BCUT2D eigenvalue weighted by atomic mass is 9.87. The second-order valence-corrected chi connectivity index (χ2v) is 5.38. The summed E-state index contributed by atoms with van der Waals surface area (Å²) < 4.78 is 0. The Labute approximate surface area is 112 Å². The van der Waals surface area contributed by atoms with Crippen molar-refractivity contribution in [3.8, 4) is 0 Å². The van der Waals surface area contributed by atoms with Gasteiger partial charge in [0.15, 0.2) is 0 Å². The lowest BCUT2D eigenvalue weighted by Gasteiger charge is -2.30. The molecule has 1 aromatic rings. The van der Waals surface area contributed by atoms with Crippen LogP contribution >= 0.6 is 0 Å². The SMILES string of the molecule is O=C1CCC(NC2CCc3ccccc3C2)C(=O)N1. The molecule has 2 atom stereocenters. The first-order valence-electron chi connectivity index (χ1n) is 6.89. The van der Waals surface area contributed by atoms with Crippen LogP contribution < -0.4 is 10.6 Å². The summed E-state index contributed by atoms with van der Waals surface area (Å²) in [5.74, 6) is -0.327. The highest BCUT2D eigenvalue weighted by molar-refractivity contribution is 6.00. The van der Waals surface area contributed by atoms with Crippen LogP contribution in [0.2, 0.25) is 0 Å². The number of nitrogens with one attached hydrogen (secondary N) is 2. The number of rotatable bonds is 2. The fourth-order valence-electron chi connectivity index (χ4n) is 2.98. The monoisotopic (exact) mass is 258 g/mol. The van der Waals surface area contributed by atoms with Gasteiger partial charge in [-0.15, -0.1) is 0 Å². The summed E-state index contributed by atoms with van der Waals surface area (Å²) in [7, 11) is 0. The van der Waals surface area contributed by atoms with Gasteiger partial charge >= 0.3 is 0 Å². The van der Waals surface area contributed by atoms with E-state index in [1.165, 1.54) is 11.1 Å². The van der Waals surface area contributed by atoms with E-state index in [1.54, 1.807) is 0 Å². The van der Waals surface area contributed by atoms with Gasteiger partial charge in [0.2, 0.25) is 11.8 Å². The van der Waals surface area contributed by atoms with Gasteiger partial charge in [-0.3, -0.25) is 14.9 Å². The average molecular weight is 258 g/mol. The Morgan fingerprint density at radius 3 is 2.63 bits per heavy atom. The van der Waals surface area contributed by atoms with E-state index in [2.05, 4.69) is 34.9 Å². The summed E-state index contributed by atoms with van der Waals surface area (Å²) in [4.78, 5) is 22.8. The molecule has 1 aliphatic carbocycles. The van der Waals surface area contributed by atoms with Gasteiger partial charge in [-0.05, 0) is 36.8 Å². The highest BCUT2D eigenvalue weighted by atomic mass is 16.2. The first kappa shape index (κ1) is 12.4. The van der Waals surface area contributed by atoms with E-state index in [0.717, 1.165) is 19.3 Å². The van der Waals surface area contributed by atoms with Crippen molar-refractivity contribution < 1.29 is 9.59 Å². The molecule has 4 nitrogen and oxygen atoms in total. The predicted octanol–water partition coefficient (Wildman–Crippen LogP) is 0.939. The standard InChI is InChI=1S/C15H18N2O2/c18-14-8-7-13(15(19)17-14)16-12-6-5-10-3-1-2-4-11(10)9-12/h1-4,12-13,16H,5-9H2,(H,17,18,19). The number of hydrogen-bond donors (Lipinski definition) is 2. The molecule has 1 heterocycles. The topological polar surface area (TPSA) is 58.2 Å². The van der Waals surface area contributed by atoms with Gasteiger partial charge in [-0.1, -0.05) is 24.3 Å². The van der Waals surface area contributed by atoms with Gasteiger partial charge in [0.1, 0.15) is 0 Å². The molecule has 1 aromatic carbocycles. The zero-order valence-electron chi connectivity index (χ0n) is 10.8. The molecule has 19 heavy (non-hydrogen) atoms. The Morgan fingerprint density at radius 2 is 1.84 bits per heavy atom. The quantitative estimate of drug-likeness (QED) is 0.776. The Kier molecular flexibility index (Phi) is 3.34. The first-order valence-corrected chi connectivity index (χ1v) is 6.89. The van der Waals surface area contributed by atoms with Crippen molar-refractivity contribution in [2.24, 2.45) is 0 Å². The van der Waals surface area contributed by atoms with E-state index in [0.29, 0.717) is 18.9 Å².